The van der Waals surface area contributed by atoms with Gasteiger partial charge in [-0.3, -0.25) is 0 Å². The van der Waals surface area contributed by atoms with E-state index in [1.54, 1.807) is 7.11 Å². The number of hydrogen-bond acceptors (Lipinski definition) is 4. The average molecular weight is 280 g/mol. The molecular formula is C16H28N2O2. The van der Waals surface area contributed by atoms with Gasteiger partial charge in [-0.15, -0.1) is 0 Å². The van der Waals surface area contributed by atoms with Crippen LogP contribution in [0.5, 0.6) is 5.75 Å². The first kappa shape index (κ1) is 17.0. The van der Waals surface area contributed by atoms with Crippen LogP contribution in [0.3, 0.4) is 0 Å². The zero-order valence-corrected chi connectivity index (χ0v) is 13.0. The Balaban J connectivity index is 2.12. The highest BCUT2D eigenvalue weighted by Crippen LogP contribution is 2.13. The quantitative estimate of drug-likeness (QED) is 0.630. The van der Waals surface area contributed by atoms with Crippen molar-refractivity contribution in [1.82, 2.24) is 10.2 Å². The number of rotatable bonds is 11. The summed E-state index contributed by atoms with van der Waals surface area (Å²) in [4.78, 5) is 2.31. The summed E-state index contributed by atoms with van der Waals surface area (Å²) in [6.07, 6.45) is 1.08. The van der Waals surface area contributed by atoms with Gasteiger partial charge in [0.2, 0.25) is 0 Å². The Morgan fingerprint density at radius 2 is 2.10 bits per heavy atom. The molecule has 0 amide bonds. The molecule has 1 N–H and O–H groups in total. The highest BCUT2D eigenvalue weighted by Gasteiger charge is 2.01. The van der Waals surface area contributed by atoms with E-state index in [0.29, 0.717) is 0 Å². The Bertz CT molecular complexity index is 358. The standard InChI is InChI=1S/C16H28N2O2/c1-4-20-12-6-9-17-10-11-18(2)14-15-7-5-8-16(13-15)19-3/h5,7-8,13,17H,4,6,9-12,14H2,1-3H3. The Morgan fingerprint density at radius 1 is 1.25 bits per heavy atom. The first-order valence-electron chi connectivity index (χ1n) is 7.36. The van der Waals surface area contributed by atoms with Crippen LogP contribution >= 0.6 is 0 Å². The van der Waals surface area contributed by atoms with Crippen molar-refractivity contribution in [3.63, 3.8) is 0 Å². The zero-order valence-electron chi connectivity index (χ0n) is 13.0. The maximum atomic E-state index is 5.30. The summed E-state index contributed by atoms with van der Waals surface area (Å²) in [5, 5.41) is 3.44. The van der Waals surface area contributed by atoms with Crippen LogP contribution in [0, 0.1) is 0 Å². The lowest BCUT2D eigenvalue weighted by atomic mass is 10.2. The molecule has 0 radical (unpaired) electrons. The predicted octanol–water partition coefficient (Wildman–Crippen LogP) is 2.14. The van der Waals surface area contributed by atoms with E-state index in [1.165, 1.54) is 5.56 Å². The van der Waals surface area contributed by atoms with Crippen LogP contribution in [0.2, 0.25) is 0 Å². The molecule has 114 valence electrons. The van der Waals surface area contributed by atoms with Crippen LogP contribution in [-0.2, 0) is 11.3 Å². The summed E-state index contributed by atoms with van der Waals surface area (Å²) in [7, 11) is 3.84. The Kier molecular flexibility index (Phi) is 9.04. The van der Waals surface area contributed by atoms with E-state index < -0.39 is 0 Å². The number of methoxy groups -OCH3 is 1. The monoisotopic (exact) mass is 280 g/mol. The number of hydrogen-bond donors (Lipinski definition) is 1. The fourth-order valence-electron chi connectivity index (χ4n) is 2.00. The van der Waals surface area contributed by atoms with Crippen molar-refractivity contribution < 1.29 is 9.47 Å². The van der Waals surface area contributed by atoms with Gasteiger partial charge in [-0.25, -0.2) is 0 Å². The highest BCUT2D eigenvalue weighted by molar-refractivity contribution is 5.28. The maximum Gasteiger partial charge on any atom is 0.119 e. The van der Waals surface area contributed by atoms with Crippen LogP contribution in [0.25, 0.3) is 0 Å². The van der Waals surface area contributed by atoms with E-state index in [1.807, 2.05) is 19.1 Å². The third kappa shape index (κ3) is 7.48. The number of nitrogens with one attached hydrogen (secondary N) is 1. The summed E-state index contributed by atoms with van der Waals surface area (Å²) in [5.74, 6) is 0.921. The molecule has 0 aromatic heterocycles. The molecule has 1 rings (SSSR count). The van der Waals surface area contributed by atoms with Gasteiger partial charge in [0.15, 0.2) is 0 Å². The van der Waals surface area contributed by atoms with Crippen molar-refractivity contribution in [3.8, 4) is 5.75 Å². The van der Waals surface area contributed by atoms with E-state index in [-0.39, 0.29) is 0 Å². The number of likely N-dealkylation sites (N-methyl/N-ethyl adjacent to an activating group) is 1. The molecule has 0 fully saturated rings. The summed E-state index contributed by atoms with van der Waals surface area (Å²) < 4.78 is 10.5. The first-order valence-corrected chi connectivity index (χ1v) is 7.36. The molecule has 0 heterocycles. The van der Waals surface area contributed by atoms with Gasteiger partial charge in [-0.1, -0.05) is 12.1 Å². The SMILES string of the molecule is CCOCCCNCCN(C)Cc1cccc(OC)c1. The van der Waals surface area contributed by atoms with Crippen molar-refractivity contribution >= 4 is 0 Å². The Labute approximate surface area is 123 Å². The molecule has 0 aliphatic rings. The normalized spacial score (nSPS) is 11.0. The molecule has 0 spiro atoms. The minimum Gasteiger partial charge on any atom is -0.497 e. The lowest BCUT2D eigenvalue weighted by molar-refractivity contribution is 0.144. The van der Waals surface area contributed by atoms with Gasteiger partial charge < -0.3 is 19.7 Å². The van der Waals surface area contributed by atoms with Crippen LogP contribution in [0.15, 0.2) is 24.3 Å². The Morgan fingerprint density at radius 3 is 2.85 bits per heavy atom. The molecule has 1 aromatic carbocycles. The van der Waals surface area contributed by atoms with Crippen molar-refractivity contribution in [1.29, 1.82) is 0 Å². The third-order valence-corrected chi connectivity index (χ3v) is 3.10. The maximum absolute atomic E-state index is 5.30. The molecule has 0 bridgehead atoms. The van der Waals surface area contributed by atoms with Gasteiger partial charge >= 0.3 is 0 Å². The predicted molar refractivity (Wildman–Crippen MR) is 83.3 cm³/mol. The fourth-order valence-corrected chi connectivity index (χ4v) is 2.00. The van der Waals surface area contributed by atoms with E-state index in [0.717, 1.165) is 51.6 Å². The van der Waals surface area contributed by atoms with Crippen molar-refractivity contribution in [3.05, 3.63) is 29.8 Å². The number of nitrogens with zero attached hydrogens (tertiary/aromatic N) is 1. The second-order valence-corrected chi connectivity index (χ2v) is 4.89. The van der Waals surface area contributed by atoms with Gasteiger partial charge in [0, 0.05) is 32.8 Å². The second kappa shape index (κ2) is 10.7. The molecule has 0 unspecified atom stereocenters. The topological polar surface area (TPSA) is 33.7 Å². The molecule has 4 nitrogen and oxygen atoms in total. The lowest BCUT2D eigenvalue weighted by Crippen LogP contribution is -2.29. The smallest absolute Gasteiger partial charge is 0.119 e. The molecular weight excluding hydrogens is 252 g/mol. The first-order chi connectivity index (χ1) is 9.76. The van der Waals surface area contributed by atoms with E-state index in [2.05, 4.69) is 29.4 Å². The van der Waals surface area contributed by atoms with Crippen LogP contribution in [0.4, 0.5) is 0 Å². The van der Waals surface area contributed by atoms with Crippen LogP contribution in [0.1, 0.15) is 18.9 Å². The van der Waals surface area contributed by atoms with E-state index >= 15 is 0 Å². The molecule has 20 heavy (non-hydrogen) atoms. The summed E-state index contributed by atoms with van der Waals surface area (Å²) in [6, 6.07) is 8.23. The summed E-state index contributed by atoms with van der Waals surface area (Å²) in [6.45, 7) is 7.69. The lowest BCUT2D eigenvalue weighted by Gasteiger charge is -2.17. The van der Waals surface area contributed by atoms with Crippen molar-refractivity contribution in [2.75, 3.05) is 47.0 Å². The minimum absolute atomic E-state index is 0.809. The van der Waals surface area contributed by atoms with Crippen LogP contribution in [-0.4, -0.2) is 51.9 Å². The highest BCUT2D eigenvalue weighted by atomic mass is 16.5. The summed E-state index contributed by atoms with van der Waals surface area (Å²) in [5.41, 5.74) is 1.28. The third-order valence-electron chi connectivity index (χ3n) is 3.10. The molecule has 0 aliphatic heterocycles. The fraction of sp³-hybridized carbons (Fsp3) is 0.625. The van der Waals surface area contributed by atoms with Gasteiger partial charge in [0.25, 0.3) is 0 Å². The van der Waals surface area contributed by atoms with Crippen molar-refractivity contribution in [2.24, 2.45) is 0 Å². The molecule has 0 aliphatic carbocycles. The average Bonchev–Trinajstić information content (AvgIpc) is 2.46. The molecule has 0 saturated heterocycles. The zero-order chi connectivity index (χ0) is 14.6. The molecule has 4 heteroatoms. The number of benzene rings is 1. The largest absolute Gasteiger partial charge is 0.497 e. The van der Waals surface area contributed by atoms with E-state index in [4.69, 9.17) is 9.47 Å². The summed E-state index contributed by atoms with van der Waals surface area (Å²) >= 11 is 0. The molecule has 1 aromatic rings. The molecule has 0 atom stereocenters. The minimum atomic E-state index is 0.809. The second-order valence-electron chi connectivity index (χ2n) is 4.89. The van der Waals surface area contributed by atoms with Gasteiger partial charge in [-0.05, 0) is 44.6 Å². The van der Waals surface area contributed by atoms with Gasteiger partial charge in [0.1, 0.15) is 5.75 Å². The van der Waals surface area contributed by atoms with E-state index in [9.17, 15) is 0 Å². The van der Waals surface area contributed by atoms with Gasteiger partial charge in [0.05, 0.1) is 7.11 Å². The molecule has 0 saturated carbocycles. The Hall–Kier alpha value is -1.10. The number of ether oxygens (including phenoxy) is 2. The van der Waals surface area contributed by atoms with Crippen molar-refractivity contribution in [2.45, 2.75) is 19.9 Å². The van der Waals surface area contributed by atoms with Gasteiger partial charge in [-0.2, -0.15) is 0 Å². The van der Waals surface area contributed by atoms with Crippen LogP contribution < -0.4 is 10.1 Å².